The number of carbonyl (C=O) groups excluding carboxylic acids is 1. The zero-order valence-electron chi connectivity index (χ0n) is 16.8. The Morgan fingerprint density at radius 2 is 1.93 bits per heavy atom. The van der Waals surface area contributed by atoms with Gasteiger partial charge in [-0.3, -0.25) is 4.79 Å². The molecule has 0 saturated heterocycles. The van der Waals surface area contributed by atoms with Crippen LogP contribution in [-0.2, 0) is 19.3 Å². The predicted octanol–water partition coefficient (Wildman–Crippen LogP) is 5.52. The Labute approximate surface area is 173 Å². The number of fused-ring (bicyclic) bond motifs is 1. The Balaban J connectivity index is 1.65. The zero-order valence-corrected chi connectivity index (χ0v) is 16.8. The van der Waals surface area contributed by atoms with E-state index in [-0.39, 0.29) is 12.1 Å². The molecule has 1 fully saturated rings. The van der Waals surface area contributed by atoms with E-state index in [0.717, 1.165) is 35.5 Å². The van der Waals surface area contributed by atoms with Gasteiger partial charge in [0.1, 0.15) is 5.82 Å². The van der Waals surface area contributed by atoms with Gasteiger partial charge in [0.15, 0.2) is 0 Å². The summed E-state index contributed by atoms with van der Waals surface area (Å²) in [4.78, 5) is 19.4. The lowest BCUT2D eigenvalue weighted by molar-refractivity contribution is -0.137. The van der Waals surface area contributed by atoms with E-state index in [1.807, 2.05) is 31.2 Å². The molecule has 0 radical (unpaired) electrons. The zero-order chi connectivity index (χ0) is 21.3. The summed E-state index contributed by atoms with van der Waals surface area (Å²) in [6.45, 7) is 3.51. The van der Waals surface area contributed by atoms with Gasteiger partial charge in [0.2, 0.25) is 0 Å². The molecule has 0 spiro atoms. The van der Waals surface area contributed by atoms with Crippen LogP contribution in [0.4, 0.5) is 13.2 Å². The minimum atomic E-state index is -4.48. The van der Waals surface area contributed by atoms with Crippen LogP contribution in [0.2, 0.25) is 0 Å². The van der Waals surface area contributed by atoms with Crippen molar-refractivity contribution >= 4 is 16.9 Å². The van der Waals surface area contributed by atoms with Crippen molar-refractivity contribution in [1.29, 1.82) is 0 Å². The maximum absolute atomic E-state index is 13.1. The van der Waals surface area contributed by atoms with Crippen molar-refractivity contribution in [3.63, 3.8) is 0 Å². The molecule has 0 unspecified atom stereocenters. The van der Waals surface area contributed by atoms with Gasteiger partial charge in [0.25, 0.3) is 5.91 Å². The fourth-order valence-electron chi connectivity index (χ4n) is 3.71. The number of nitrogens with zero attached hydrogens (tertiary/aromatic N) is 3. The number of halogens is 3. The van der Waals surface area contributed by atoms with Crippen LogP contribution in [-0.4, -0.2) is 26.9 Å². The highest BCUT2D eigenvalue weighted by Crippen LogP contribution is 2.33. The number of para-hydroxylation sites is 2. The van der Waals surface area contributed by atoms with Crippen LogP contribution in [0.5, 0.6) is 0 Å². The van der Waals surface area contributed by atoms with Crippen LogP contribution < -0.4 is 0 Å². The average Bonchev–Trinajstić information content (AvgIpc) is 3.48. The van der Waals surface area contributed by atoms with Crippen LogP contribution in [0.3, 0.4) is 0 Å². The lowest BCUT2D eigenvalue weighted by atomic mass is 10.1. The average molecular weight is 415 g/mol. The van der Waals surface area contributed by atoms with Gasteiger partial charge in [-0.1, -0.05) is 25.1 Å². The van der Waals surface area contributed by atoms with Crippen molar-refractivity contribution in [1.82, 2.24) is 14.5 Å². The summed E-state index contributed by atoms with van der Waals surface area (Å²) in [7, 11) is 0. The second-order valence-corrected chi connectivity index (χ2v) is 7.88. The standard InChI is InChI=1S/C23H24F3N3O/c1-2-12-28(22(30)17-6-5-7-18(13-17)23(24,25)26)15-21-27-19-8-3-4-9-20(19)29(21)14-16-10-11-16/h3-9,13,16H,2,10-12,14-15H2,1H3. The number of alkyl halides is 3. The molecule has 7 heteroatoms. The van der Waals surface area contributed by atoms with Crippen molar-refractivity contribution in [3.8, 4) is 0 Å². The number of amides is 1. The van der Waals surface area contributed by atoms with E-state index >= 15 is 0 Å². The maximum Gasteiger partial charge on any atom is 0.416 e. The number of rotatable bonds is 7. The minimum absolute atomic E-state index is 0.0446. The predicted molar refractivity (Wildman–Crippen MR) is 109 cm³/mol. The molecule has 2 aromatic carbocycles. The van der Waals surface area contributed by atoms with Gasteiger partial charge >= 0.3 is 6.18 Å². The number of hydrogen-bond acceptors (Lipinski definition) is 2. The maximum atomic E-state index is 13.1. The third-order valence-corrected chi connectivity index (χ3v) is 5.42. The summed E-state index contributed by atoms with van der Waals surface area (Å²) in [5.41, 5.74) is 1.13. The number of hydrogen-bond donors (Lipinski definition) is 0. The number of aromatic nitrogens is 2. The van der Waals surface area contributed by atoms with Crippen LogP contribution in [0, 0.1) is 5.92 Å². The molecular formula is C23H24F3N3O. The first kappa shape index (κ1) is 20.4. The minimum Gasteiger partial charge on any atom is -0.331 e. The van der Waals surface area contributed by atoms with E-state index < -0.39 is 17.6 Å². The molecule has 0 N–H and O–H groups in total. The molecular weight excluding hydrogens is 391 g/mol. The monoisotopic (exact) mass is 415 g/mol. The lowest BCUT2D eigenvalue weighted by Gasteiger charge is -2.23. The van der Waals surface area contributed by atoms with E-state index in [0.29, 0.717) is 18.9 Å². The Morgan fingerprint density at radius 3 is 2.63 bits per heavy atom. The molecule has 1 saturated carbocycles. The molecule has 0 bridgehead atoms. The largest absolute Gasteiger partial charge is 0.416 e. The van der Waals surface area contributed by atoms with Gasteiger partial charge in [-0.2, -0.15) is 13.2 Å². The molecule has 4 rings (SSSR count). The van der Waals surface area contributed by atoms with Crippen LogP contribution in [0.25, 0.3) is 11.0 Å². The highest BCUT2D eigenvalue weighted by Gasteiger charge is 2.31. The topological polar surface area (TPSA) is 38.1 Å². The molecule has 4 nitrogen and oxygen atoms in total. The first-order valence-corrected chi connectivity index (χ1v) is 10.3. The van der Waals surface area contributed by atoms with Gasteiger partial charge in [-0.05, 0) is 55.5 Å². The molecule has 0 aliphatic heterocycles. The van der Waals surface area contributed by atoms with E-state index in [9.17, 15) is 18.0 Å². The van der Waals surface area contributed by atoms with Crippen molar-refractivity contribution in [2.45, 2.75) is 45.5 Å². The normalized spacial score (nSPS) is 14.3. The molecule has 1 aliphatic carbocycles. The third-order valence-electron chi connectivity index (χ3n) is 5.42. The van der Waals surface area contributed by atoms with Crippen LogP contribution in [0.1, 0.15) is 47.9 Å². The molecule has 1 aliphatic rings. The third kappa shape index (κ3) is 4.35. The molecule has 1 amide bonds. The molecule has 30 heavy (non-hydrogen) atoms. The fourth-order valence-corrected chi connectivity index (χ4v) is 3.71. The molecule has 158 valence electrons. The summed E-state index contributed by atoms with van der Waals surface area (Å²) >= 11 is 0. The fraction of sp³-hybridized carbons (Fsp3) is 0.391. The highest BCUT2D eigenvalue weighted by molar-refractivity contribution is 5.94. The SMILES string of the molecule is CCCN(Cc1nc2ccccc2n1CC1CC1)C(=O)c1cccc(C(F)(F)F)c1. The van der Waals surface area contributed by atoms with E-state index in [2.05, 4.69) is 4.57 Å². The summed E-state index contributed by atoms with van der Waals surface area (Å²) in [6.07, 6.45) is -1.40. The Kier molecular flexibility index (Phi) is 5.54. The van der Waals surface area contributed by atoms with Gasteiger partial charge in [0.05, 0.1) is 23.1 Å². The Bertz CT molecular complexity index is 1050. The number of carbonyl (C=O) groups is 1. The number of benzene rings is 2. The smallest absolute Gasteiger partial charge is 0.331 e. The summed E-state index contributed by atoms with van der Waals surface area (Å²) in [5, 5.41) is 0. The Hall–Kier alpha value is -2.83. The van der Waals surface area contributed by atoms with Gasteiger partial charge in [-0.25, -0.2) is 4.98 Å². The first-order valence-electron chi connectivity index (χ1n) is 10.3. The van der Waals surface area contributed by atoms with E-state index in [1.54, 1.807) is 4.90 Å². The van der Waals surface area contributed by atoms with Crippen molar-refractivity contribution in [2.75, 3.05) is 6.54 Å². The molecule has 1 heterocycles. The second kappa shape index (κ2) is 8.13. The van der Waals surface area contributed by atoms with E-state index in [1.165, 1.54) is 25.0 Å². The van der Waals surface area contributed by atoms with Crippen LogP contribution in [0.15, 0.2) is 48.5 Å². The van der Waals surface area contributed by atoms with Gasteiger partial charge < -0.3 is 9.47 Å². The van der Waals surface area contributed by atoms with Crippen molar-refractivity contribution in [3.05, 3.63) is 65.5 Å². The van der Waals surface area contributed by atoms with Crippen LogP contribution >= 0.6 is 0 Å². The van der Waals surface area contributed by atoms with Crippen molar-refractivity contribution < 1.29 is 18.0 Å². The summed E-state index contributed by atoms with van der Waals surface area (Å²) in [5.74, 6) is 0.991. The quantitative estimate of drug-likeness (QED) is 0.510. The summed E-state index contributed by atoms with van der Waals surface area (Å²) < 4.78 is 41.4. The van der Waals surface area contributed by atoms with E-state index in [4.69, 9.17) is 4.98 Å². The Morgan fingerprint density at radius 1 is 1.17 bits per heavy atom. The highest BCUT2D eigenvalue weighted by atomic mass is 19.4. The first-order chi connectivity index (χ1) is 14.4. The van der Waals surface area contributed by atoms with Gasteiger partial charge in [0, 0.05) is 18.7 Å². The summed E-state index contributed by atoms with van der Waals surface area (Å²) in [6, 6.07) is 12.5. The molecule has 0 atom stereocenters. The lowest BCUT2D eigenvalue weighted by Crippen LogP contribution is -2.32. The molecule has 3 aromatic rings. The molecule has 1 aromatic heterocycles. The second-order valence-electron chi connectivity index (χ2n) is 7.88. The number of imidazole rings is 1. The van der Waals surface area contributed by atoms with Crippen molar-refractivity contribution in [2.24, 2.45) is 5.92 Å². The van der Waals surface area contributed by atoms with Gasteiger partial charge in [-0.15, -0.1) is 0 Å².